The van der Waals surface area contributed by atoms with Gasteiger partial charge >= 0.3 is 6.03 Å². The topological polar surface area (TPSA) is 129 Å². The van der Waals surface area contributed by atoms with E-state index in [1.54, 1.807) is 11.2 Å². The van der Waals surface area contributed by atoms with E-state index in [4.69, 9.17) is 4.74 Å². The number of carbonyl (C=O) groups is 1. The highest BCUT2D eigenvalue weighted by molar-refractivity contribution is 7.88. The maximum Gasteiger partial charge on any atom is 0.322 e. The van der Waals surface area contributed by atoms with Crippen LogP contribution in [0.3, 0.4) is 0 Å². The molecular weight excluding hydrogens is 528 g/mol. The molecule has 2 aromatic heterocycles. The highest BCUT2D eigenvalue weighted by Gasteiger charge is 2.21. The zero-order chi connectivity index (χ0) is 28.1. The van der Waals surface area contributed by atoms with Crippen LogP contribution in [0.2, 0.25) is 0 Å². The number of H-pyrrole nitrogens is 1. The second-order valence-electron chi connectivity index (χ2n) is 9.75. The van der Waals surface area contributed by atoms with Crippen molar-refractivity contribution >= 4 is 38.3 Å². The van der Waals surface area contributed by atoms with Crippen LogP contribution in [0.5, 0.6) is 5.75 Å². The van der Waals surface area contributed by atoms with E-state index < -0.39 is 10.0 Å². The van der Waals surface area contributed by atoms with Crippen molar-refractivity contribution in [3.63, 3.8) is 0 Å². The number of urea groups is 1. The molecule has 2 amide bonds. The van der Waals surface area contributed by atoms with E-state index in [1.807, 2.05) is 61.7 Å². The van der Waals surface area contributed by atoms with Crippen LogP contribution in [0.1, 0.15) is 24.1 Å². The van der Waals surface area contributed by atoms with Crippen LogP contribution in [0, 0.1) is 6.92 Å². The standard InChI is InChI=1S/C29H32N6O4S/c1-20-18-30-28-26(20)27(31-19-32-28)21-10-13-35(14-11-21)29(36)34-24-8-3-6-22(16-24)23-7-4-9-25(17-23)39-15-5-12-33-40(2,37)38/h3-4,6-10,16-19,33H,5,11-15H2,1-2H3,(H,34,36)(H,30,31,32). The number of amides is 2. The number of carbonyl (C=O) groups excluding carboxylic acids is 1. The van der Waals surface area contributed by atoms with Crippen molar-refractivity contribution in [1.82, 2.24) is 24.6 Å². The van der Waals surface area contributed by atoms with Gasteiger partial charge in [0.25, 0.3) is 0 Å². The van der Waals surface area contributed by atoms with Crippen molar-refractivity contribution in [2.75, 3.05) is 37.8 Å². The highest BCUT2D eigenvalue weighted by atomic mass is 32.2. The fourth-order valence-corrected chi connectivity index (χ4v) is 5.21. The number of sulfonamides is 1. The van der Waals surface area contributed by atoms with Crippen LogP contribution < -0.4 is 14.8 Å². The normalized spacial score (nSPS) is 13.8. The summed E-state index contributed by atoms with van der Waals surface area (Å²) in [5.74, 6) is 0.693. The minimum absolute atomic E-state index is 0.155. The number of aromatic nitrogens is 3. The second kappa shape index (κ2) is 11.9. The summed E-state index contributed by atoms with van der Waals surface area (Å²) in [6.45, 7) is 3.83. The third-order valence-electron chi connectivity index (χ3n) is 6.70. The molecule has 0 atom stereocenters. The predicted octanol–water partition coefficient (Wildman–Crippen LogP) is 4.57. The van der Waals surface area contributed by atoms with Gasteiger partial charge in [0.05, 0.1) is 18.6 Å². The molecule has 0 fully saturated rings. The van der Waals surface area contributed by atoms with Crippen LogP contribution in [-0.4, -0.2) is 66.8 Å². The zero-order valence-corrected chi connectivity index (χ0v) is 23.3. The van der Waals surface area contributed by atoms with Crippen LogP contribution in [0.25, 0.3) is 27.7 Å². The largest absolute Gasteiger partial charge is 0.494 e. The maximum absolute atomic E-state index is 13.1. The van der Waals surface area contributed by atoms with E-state index in [0.717, 1.165) is 45.2 Å². The van der Waals surface area contributed by atoms with Gasteiger partial charge in [-0.05, 0) is 66.3 Å². The molecule has 3 N–H and O–H groups in total. The Morgan fingerprint density at radius 2 is 1.93 bits per heavy atom. The van der Waals surface area contributed by atoms with Crippen molar-refractivity contribution < 1.29 is 17.9 Å². The third-order valence-corrected chi connectivity index (χ3v) is 7.43. The molecule has 0 saturated heterocycles. The van der Waals surface area contributed by atoms with Gasteiger partial charge in [-0.3, -0.25) is 0 Å². The molecule has 1 aliphatic heterocycles. The number of aryl methyl sites for hydroxylation is 1. The summed E-state index contributed by atoms with van der Waals surface area (Å²) in [7, 11) is -3.20. The van der Waals surface area contributed by atoms with Crippen molar-refractivity contribution in [2.24, 2.45) is 0 Å². The lowest BCUT2D eigenvalue weighted by molar-refractivity contribution is 0.217. The first-order valence-corrected chi connectivity index (χ1v) is 15.0. The van der Waals surface area contributed by atoms with E-state index in [-0.39, 0.29) is 6.03 Å². The Balaban J connectivity index is 1.20. The van der Waals surface area contributed by atoms with Gasteiger partial charge in [-0.1, -0.05) is 30.3 Å². The molecule has 0 spiro atoms. The lowest BCUT2D eigenvalue weighted by atomic mass is 10.0. The first-order valence-electron chi connectivity index (χ1n) is 13.1. The first kappa shape index (κ1) is 27.4. The molecule has 2 aromatic carbocycles. The Labute approximate surface area is 233 Å². The van der Waals surface area contributed by atoms with Gasteiger partial charge in [0, 0.05) is 36.9 Å². The summed E-state index contributed by atoms with van der Waals surface area (Å²) in [6.07, 6.45) is 7.98. The fourth-order valence-electron chi connectivity index (χ4n) is 4.69. The molecule has 10 nitrogen and oxygen atoms in total. The molecule has 11 heteroatoms. The molecule has 1 aliphatic rings. The van der Waals surface area contributed by atoms with Gasteiger partial charge in [0.15, 0.2) is 0 Å². The molecule has 208 valence electrons. The Hall–Kier alpha value is -4.22. The van der Waals surface area contributed by atoms with Crippen molar-refractivity contribution in [3.05, 3.63) is 78.4 Å². The number of benzene rings is 2. The van der Waals surface area contributed by atoms with E-state index >= 15 is 0 Å². The Bertz CT molecular complexity index is 1660. The molecule has 3 heterocycles. The lowest BCUT2D eigenvalue weighted by Crippen LogP contribution is -2.38. The van der Waals surface area contributed by atoms with Crippen molar-refractivity contribution in [2.45, 2.75) is 19.8 Å². The fraction of sp³-hybridized carbons (Fsp3) is 0.276. The van der Waals surface area contributed by atoms with Gasteiger partial charge in [-0.15, -0.1) is 0 Å². The van der Waals surface area contributed by atoms with Crippen LogP contribution in [-0.2, 0) is 10.0 Å². The van der Waals surface area contributed by atoms with E-state index in [1.165, 1.54) is 0 Å². The third kappa shape index (κ3) is 6.67. The molecule has 5 rings (SSSR count). The predicted molar refractivity (Wildman–Crippen MR) is 157 cm³/mol. The van der Waals surface area contributed by atoms with Crippen molar-refractivity contribution in [3.8, 4) is 16.9 Å². The molecular formula is C29H32N6O4S. The minimum atomic E-state index is -3.20. The van der Waals surface area contributed by atoms with Crippen LogP contribution >= 0.6 is 0 Å². The molecule has 4 aromatic rings. The number of aromatic amines is 1. The molecule has 0 unspecified atom stereocenters. The van der Waals surface area contributed by atoms with Gasteiger partial charge in [0.2, 0.25) is 10.0 Å². The summed E-state index contributed by atoms with van der Waals surface area (Å²) >= 11 is 0. The summed E-state index contributed by atoms with van der Waals surface area (Å²) in [5, 5.41) is 4.06. The average Bonchev–Trinajstić information content (AvgIpc) is 3.33. The zero-order valence-electron chi connectivity index (χ0n) is 22.5. The number of anilines is 1. The Morgan fingerprint density at radius 1 is 1.12 bits per heavy atom. The van der Waals surface area contributed by atoms with Crippen LogP contribution in [0.4, 0.5) is 10.5 Å². The van der Waals surface area contributed by atoms with Gasteiger partial charge in [-0.2, -0.15) is 0 Å². The number of ether oxygens (including phenoxy) is 1. The summed E-state index contributed by atoms with van der Waals surface area (Å²) in [6, 6.07) is 15.2. The monoisotopic (exact) mass is 560 g/mol. The quantitative estimate of drug-likeness (QED) is 0.257. The number of hydrogen-bond donors (Lipinski definition) is 3. The number of nitrogens with one attached hydrogen (secondary N) is 3. The minimum Gasteiger partial charge on any atom is -0.494 e. The molecule has 0 saturated carbocycles. The van der Waals surface area contributed by atoms with E-state index in [9.17, 15) is 13.2 Å². The van der Waals surface area contributed by atoms with Gasteiger partial charge < -0.3 is 19.9 Å². The van der Waals surface area contributed by atoms with E-state index in [2.05, 4.69) is 31.1 Å². The summed E-state index contributed by atoms with van der Waals surface area (Å²) < 4.78 is 30.6. The Kier molecular flexibility index (Phi) is 8.13. The number of hydrogen-bond acceptors (Lipinski definition) is 6. The molecule has 0 aliphatic carbocycles. The van der Waals surface area contributed by atoms with Crippen molar-refractivity contribution in [1.29, 1.82) is 0 Å². The van der Waals surface area contributed by atoms with Gasteiger partial charge in [-0.25, -0.2) is 27.9 Å². The average molecular weight is 561 g/mol. The molecule has 0 bridgehead atoms. The maximum atomic E-state index is 13.1. The van der Waals surface area contributed by atoms with Gasteiger partial charge in [0.1, 0.15) is 17.7 Å². The number of fused-ring (bicyclic) bond motifs is 1. The molecule has 0 radical (unpaired) electrons. The number of rotatable bonds is 9. The van der Waals surface area contributed by atoms with E-state index in [0.29, 0.717) is 50.5 Å². The number of nitrogens with zero attached hydrogens (tertiary/aromatic N) is 3. The SMILES string of the molecule is Cc1c[nH]c2ncnc(C3=CCN(C(=O)Nc4cccc(-c5cccc(OCCCNS(C)(=O)=O)c5)c4)CC3)c12. The highest BCUT2D eigenvalue weighted by Crippen LogP contribution is 2.29. The Morgan fingerprint density at radius 3 is 2.70 bits per heavy atom. The summed E-state index contributed by atoms with van der Waals surface area (Å²) in [5.41, 5.74) is 6.56. The smallest absolute Gasteiger partial charge is 0.322 e. The second-order valence-corrected chi connectivity index (χ2v) is 11.6. The summed E-state index contributed by atoms with van der Waals surface area (Å²) in [4.78, 5) is 26.9. The lowest BCUT2D eigenvalue weighted by Gasteiger charge is -2.27. The molecule has 40 heavy (non-hydrogen) atoms. The van der Waals surface area contributed by atoms with Crippen LogP contribution in [0.15, 0.2) is 67.1 Å². The first-order chi connectivity index (χ1) is 19.3.